The number of urea groups is 1. The Balaban J connectivity index is 1.99. The fourth-order valence-electron chi connectivity index (χ4n) is 2.51. The second kappa shape index (κ2) is 9.82. The van der Waals surface area contributed by atoms with Gasteiger partial charge in [0.25, 0.3) is 0 Å². The Kier molecular flexibility index (Phi) is 7.47. The summed E-state index contributed by atoms with van der Waals surface area (Å²) in [5, 5.41) is 3.36. The maximum atomic E-state index is 12.7. The highest BCUT2D eigenvalue weighted by molar-refractivity contribution is 6.30. The number of esters is 1. The number of rotatable bonds is 8. The van der Waals surface area contributed by atoms with E-state index in [1.54, 1.807) is 48.6 Å². The number of hydrogen-bond acceptors (Lipinski definition) is 4. The molecule has 1 heterocycles. The summed E-state index contributed by atoms with van der Waals surface area (Å²) in [6, 6.07) is 6.65. The third kappa shape index (κ3) is 6.07. The lowest BCUT2D eigenvalue weighted by atomic mass is 10.1. The van der Waals surface area contributed by atoms with E-state index in [9.17, 15) is 9.59 Å². The molecule has 0 bridgehead atoms. The van der Waals surface area contributed by atoms with Gasteiger partial charge in [0.1, 0.15) is 0 Å². The highest BCUT2D eigenvalue weighted by Gasteiger charge is 2.21. The minimum absolute atomic E-state index is 0.267. The average Bonchev–Trinajstić information content (AvgIpc) is 3.13. The Hall–Kier alpha value is -2.54. The summed E-state index contributed by atoms with van der Waals surface area (Å²) in [6.45, 7) is 3.23. The molecule has 1 atom stereocenters. The van der Waals surface area contributed by atoms with Crippen LogP contribution in [0.15, 0.2) is 43.0 Å². The lowest BCUT2D eigenvalue weighted by molar-refractivity contribution is -0.145. The van der Waals surface area contributed by atoms with E-state index in [0.29, 0.717) is 17.3 Å². The minimum atomic E-state index is -0.418. The molecule has 0 saturated heterocycles. The number of carbonyl (C=O) groups is 2. The van der Waals surface area contributed by atoms with Gasteiger partial charge in [0.05, 0.1) is 19.4 Å². The molecule has 0 aliphatic heterocycles. The summed E-state index contributed by atoms with van der Waals surface area (Å²) in [4.78, 5) is 30.0. The van der Waals surface area contributed by atoms with Crippen LogP contribution in [0, 0.1) is 5.92 Å². The summed E-state index contributed by atoms with van der Waals surface area (Å²) in [6.07, 6.45) is 6.04. The highest BCUT2D eigenvalue weighted by atomic mass is 35.5. The fourth-order valence-corrected chi connectivity index (χ4v) is 2.70. The van der Waals surface area contributed by atoms with Gasteiger partial charge >= 0.3 is 12.0 Å². The number of nitrogens with one attached hydrogen (secondary N) is 1. The number of aromatic nitrogens is 2. The molecule has 0 fully saturated rings. The molecule has 0 aliphatic carbocycles. The fraction of sp³-hybridized carbons (Fsp3) is 0.389. The molecule has 0 saturated carbocycles. The zero-order valence-electron chi connectivity index (χ0n) is 14.9. The zero-order chi connectivity index (χ0) is 18.9. The van der Waals surface area contributed by atoms with Crippen molar-refractivity contribution in [2.24, 2.45) is 5.92 Å². The highest BCUT2D eigenvalue weighted by Crippen LogP contribution is 2.16. The monoisotopic (exact) mass is 378 g/mol. The molecule has 2 rings (SSSR count). The van der Waals surface area contributed by atoms with Gasteiger partial charge in [0.2, 0.25) is 0 Å². The molecule has 1 unspecified atom stereocenters. The number of methoxy groups -OCH3 is 1. The largest absolute Gasteiger partial charge is 0.469 e. The summed E-state index contributed by atoms with van der Waals surface area (Å²) in [7, 11) is 1.34. The molecule has 0 radical (unpaired) electrons. The van der Waals surface area contributed by atoms with Crippen LogP contribution in [0.1, 0.15) is 13.3 Å². The van der Waals surface area contributed by atoms with E-state index in [4.69, 9.17) is 16.3 Å². The first kappa shape index (κ1) is 19.8. The summed E-state index contributed by atoms with van der Waals surface area (Å²) in [5.74, 6) is -0.765. The van der Waals surface area contributed by atoms with Crippen molar-refractivity contribution < 1.29 is 14.3 Å². The third-order valence-electron chi connectivity index (χ3n) is 3.86. The standard InChI is InChI=1S/C18H23ClN4O3/c1-14(17(24)26-2)12-23(9-4-8-22-10-7-20-13-22)18(25)21-16-6-3-5-15(19)11-16/h3,5-7,10-11,13-14H,4,8-9,12H2,1-2H3,(H,21,25). The Bertz CT molecular complexity index is 721. The van der Waals surface area contributed by atoms with Crippen LogP contribution < -0.4 is 5.32 Å². The van der Waals surface area contributed by atoms with Crippen LogP contribution >= 0.6 is 11.6 Å². The molecule has 0 spiro atoms. The van der Waals surface area contributed by atoms with Crippen molar-refractivity contribution in [3.8, 4) is 0 Å². The molecule has 1 N–H and O–H groups in total. The van der Waals surface area contributed by atoms with Crippen LogP contribution in [0.4, 0.5) is 10.5 Å². The van der Waals surface area contributed by atoms with Crippen LogP contribution in [-0.4, -0.2) is 46.7 Å². The van der Waals surface area contributed by atoms with Crippen LogP contribution in [0.25, 0.3) is 0 Å². The van der Waals surface area contributed by atoms with E-state index in [1.807, 2.05) is 10.8 Å². The normalized spacial score (nSPS) is 11.7. The van der Waals surface area contributed by atoms with Gasteiger partial charge in [0, 0.05) is 42.7 Å². The van der Waals surface area contributed by atoms with Gasteiger partial charge in [-0.2, -0.15) is 0 Å². The van der Waals surface area contributed by atoms with Crippen molar-refractivity contribution >= 4 is 29.3 Å². The summed E-state index contributed by atoms with van der Waals surface area (Å²) in [5.41, 5.74) is 0.604. The van der Waals surface area contributed by atoms with Crippen molar-refractivity contribution in [3.05, 3.63) is 48.0 Å². The minimum Gasteiger partial charge on any atom is -0.469 e. The number of halogens is 1. The van der Waals surface area contributed by atoms with Crippen molar-refractivity contribution in [1.29, 1.82) is 0 Å². The first-order valence-electron chi connectivity index (χ1n) is 8.34. The van der Waals surface area contributed by atoms with Crippen LogP contribution in [-0.2, 0) is 16.1 Å². The second-order valence-electron chi connectivity index (χ2n) is 5.96. The molecular weight excluding hydrogens is 356 g/mol. The number of benzene rings is 1. The number of amides is 2. The molecule has 1 aromatic carbocycles. The molecule has 1 aromatic heterocycles. The first-order chi connectivity index (χ1) is 12.5. The number of nitrogens with zero attached hydrogens (tertiary/aromatic N) is 3. The van der Waals surface area contributed by atoms with Gasteiger partial charge in [-0.3, -0.25) is 4.79 Å². The van der Waals surface area contributed by atoms with E-state index in [2.05, 4.69) is 10.3 Å². The topological polar surface area (TPSA) is 76.5 Å². The average molecular weight is 379 g/mol. The molecule has 26 heavy (non-hydrogen) atoms. The number of anilines is 1. The van der Waals surface area contributed by atoms with E-state index < -0.39 is 5.92 Å². The van der Waals surface area contributed by atoms with Gasteiger partial charge in [-0.1, -0.05) is 24.6 Å². The SMILES string of the molecule is COC(=O)C(C)CN(CCCn1ccnc1)C(=O)Nc1cccc(Cl)c1. The van der Waals surface area contributed by atoms with Crippen LogP contribution in [0.5, 0.6) is 0 Å². The number of ether oxygens (including phenoxy) is 1. The first-order valence-corrected chi connectivity index (χ1v) is 8.72. The van der Waals surface area contributed by atoms with Crippen molar-refractivity contribution in [2.45, 2.75) is 19.9 Å². The predicted molar refractivity (Wildman–Crippen MR) is 100 cm³/mol. The second-order valence-corrected chi connectivity index (χ2v) is 6.40. The summed E-state index contributed by atoms with van der Waals surface area (Å²) < 4.78 is 6.70. The number of carbonyl (C=O) groups excluding carboxylic acids is 2. The smallest absolute Gasteiger partial charge is 0.321 e. The van der Waals surface area contributed by atoms with Gasteiger partial charge in [-0.05, 0) is 24.6 Å². The molecule has 8 heteroatoms. The maximum Gasteiger partial charge on any atom is 0.321 e. The Morgan fingerprint density at radius 1 is 1.42 bits per heavy atom. The van der Waals surface area contributed by atoms with Gasteiger partial charge < -0.3 is 19.5 Å². The molecule has 2 aromatic rings. The Morgan fingerprint density at radius 2 is 2.23 bits per heavy atom. The van der Waals surface area contributed by atoms with Crippen molar-refractivity contribution in [1.82, 2.24) is 14.5 Å². The lowest BCUT2D eigenvalue weighted by Crippen LogP contribution is -2.40. The third-order valence-corrected chi connectivity index (χ3v) is 4.10. The number of imidazole rings is 1. The van der Waals surface area contributed by atoms with Gasteiger partial charge in [-0.25, -0.2) is 9.78 Å². The zero-order valence-corrected chi connectivity index (χ0v) is 15.6. The quantitative estimate of drug-likeness (QED) is 0.715. The van der Waals surface area contributed by atoms with E-state index in [-0.39, 0.29) is 18.5 Å². The van der Waals surface area contributed by atoms with Crippen molar-refractivity contribution in [2.75, 3.05) is 25.5 Å². The van der Waals surface area contributed by atoms with E-state index >= 15 is 0 Å². The molecule has 2 amide bonds. The number of hydrogen-bond donors (Lipinski definition) is 1. The van der Waals surface area contributed by atoms with Crippen LogP contribution in [0.2, 0.25) is 5.02 Å². The number of aryl methyl sites for hydroxylation is 1. The molecule has 0 aliphatic rings. The Labute approximate surface area is 157 Å². The molecule has 140 valence electrons. The Morgan fingerprint density at radius 3 is 2.88 bits per heavy atom. The molecule has 7 nitrogen and oxygen atoms in total. The lowest BCUT2D eigenvalue weighted by Gasteiger charge is -2.25. The van der Waals surface area contributed by atoms with E-state index in [1.165, 1.54) is 7.11 Å². The van der Waals surface area contributed by atoms with Crippen LogP contribution in [0.3, 0.4) is 0 Å². The molecular formula is C18H23ClN4O3. The van der Waals surface area contributed by atoms with E-state index in [0.717, 1.165) is 13.0 Å². The van der Waals surface area contributed by atoms with Crippen molar-refractivity contribution in [3.63, 3.8) is 0 Å². The van der Waals surface area contributed by atoms with Gasteiger partial charge in [0.15, 0.2) is 0 Å². The van der Waals surface area contributed by atoms with Gasteiger partial charge in [-0.15, -0.1) is 0 Å². The summed E-state index contributed by atoms with van der Waals surface area (Å²) >= 11 is 5.96. The predicted octanol–water partition coefficient (Wildman–Crippen LogP) is 3.27. The maximum absolute atomic E-state index is 12.7.